The molecule has 2 N–H and O–H groups in total. The molecular weight excluding hydrogens is 258 g/mol. The third-order valence-electron chi connectivity index (χ3n) is 2.97. The van der Waals surface area contributed by atoms with Gasteiger partial charge in [-0.15, -0.1) is 0 Å². The fourth-order valence-electron chi connectivity index (χ4n) is 1.86. The molecule has 20 heavy (non-hydrogen) atoms. The molecule has 110 valence electrons. The summed E-state index contributed by atoms with van der Waals surface area (Å²) < 4.78 is 10.4. The van der Waals surface area contributed by atoms with Crippen LogP contribution in [0.1, 0.15) is 36.7 Å². The lowest BCUT2D eigenvalue weighted by Crippen LogP contribution is -2.42. The van der Waals surface area contributed by atoms with Crippen LogP contribution in [-0.4, -0.2) is 35.9 Å². The molecule has 0 bridgehead atoms. The average Bonchev–Trinajstić information content (AvgIpc) is 2.75. The molecule has 1 aliphatic heterocycles. The van der Waals surface area contributed by atoms with Crippen LogP contribution in [0.2, 0.25) is 0 Å². The van der Waals surface area contributed by atoms with E-state index in [1.807, 2.05) is 26.8 Å². The Morgan fingerprint density at radius 2 is 2.20 bits per heavy atom. The van der Waals surface area contributed by atoms with Crippen molar-refractivity contribution in [1.82, 2.24) is 5.32 Å². The summed E-state index contributed by atoms with van der Waals surface area (Å²) in [6.45, 7) is 7.06. The Kier molecular flexibility index (Phi) is 4.30. The summed E-state index contributed by atoms with van der Waals surface area (Å²) in [6.07, 6.45) is -0.602. The molecule has 1 aromatic carbocycles. The molecule has 2 rings (SSSR count). The first-order valence-corrected chi connectivity index (χ1v) is 6.71. The van der Waals surface area contributed by atoms with Gasteiger partial charge in [-0.3, -0.25) is 0 Å². The number of aliphatic hydroxyl groups excluding tert-OH is 1. The van der Waals surface area contributed by atoms with Crippen LogP contribution in [-0.2, 0) is 11.3 Å². The van der Waals surface area contributed by atoms with Gasteiger partial charge in [0.1, 0.15) is 25.1 Å². The van der Waals surface area contributed by atoms with Crippen LogP contribution in [0.5, 0.6) is 5.75 Å². The minimum absolute atomic E-state index is 0.0433. The predicted molar refractivity (Wildman–Crippen MR) is 74.8 cm³/mol. The summed E-state index contributed by atoms with van der Waals surface area (Å²) in [5, 5.41) is 13.0. The lowest BCUT2D eigenvalue weighted by atomic mass is 10.1. The first kappa shape index (κ1) is 14.8. The number of rotatable bonds is 5. The molecule has 0 fully saturated rings. The van der Waals surface area contributed by atoms with Crippen molar-refractivity contribution in [2.75, 3.05) is 13.2 Å². The van der Waals surface area contributed by atoms with Gasteiger partial charge >= 0.3 is 5.97 Å². The number of hydrogen-bond donors (Lipinski definition) is 2. The van der Waals surface area contributed by atoms with Crippen molar-refractivity contribution in [3.8, 4) is 5.75 Å². The van der Waals surface area contributed by atoms with Gasteiger partial charge in [0.25, 0.3) is 0 Å². The second kappa shape index (κ2) is 5.81. The summed E-state index contributed by atoms with van der Waals surface area (Å²) in [7, 11) is 0. The van der Waals surface area contributed by atoms with Crippen LogP contribution in [0.3, 0.4) is 0 Å². The molecule has 1 heterocycles. The first-order chi connectivity index (χ1) is 9.35. The van der Waals surface area contributed by atoms with Crippen molar-refractivity contribution in [3.05, 3.63) is 29.3 Å². The lowest BCUT2D eigenvalue weighted by molar-refractivity contribution is 0.0534. The number of benzene rings is 1. The molecule has 1 aliphatic rings. The molecule has 1 atom stereocenters. The maximum absolute atomic E-state index is 11.4. The van der Waals surface area contributed by atoms with Gasteiger partial charge in [0.05, 0.1) is 5.56 Å². The van der Waals surface area contributed by atoms with E-state index in [4.69, 9.17) is 9.47 Å². The fourth-order valence-corrected chi connectivity index (χ4v) is 1.86. The number of carbonyl (C=O) groups excluding carboxylic acids is 1. The molecule has 1 aromatic rings. The Labute approximate surface area is 118 Å². The van der Waals surface area contributed by atoms with E-state index in [-0.39, 0.29) is 18.1 Å². The molecule has 0 spiro atoms. The monoisotopic (exact) mass is 279 g/mol. The van der Waals surface area contributed by atoms with Gasteiger partial charge in [0.15, 0.2) is 0 Å². The molecule has 1 unspecified atom stereocenters. The van der Waals surface area contributed by atoms with Crippen LogP contribution in [0.15, 0.2) is 18.2 Å². The number of hydrogen-bond acceptors (Lipinski definition) is 5. The highest BCUT2D eigenvalue weighted by atomic mass is 16.5. The summed E-state index contributed by atoms with van der Waals surface area (Å²) >= 11 is 0. The van der Waals surface area contributed by atoms with E-state index in [1.165, 1.54) is 0 Å². The quantitative estimate of drug-likeness (QED) is 0.799. The van der Waals surface area contributed by atoms with Crippen molar-refractivity contribution in [2.45, 2.75) is 39.0 Å². The minimum atomic E-state index is -0.602. The summed E-state index contributed by atoms with van der Waals surface area (Å²) in [5.74, 6) is 0.248. The summed E-state index contributed by atoms with van der Waals surface area (Å²) in [6, 6.07) is 5.26. The van der Waals surface area contributed by atoms with Crippen LogP contribution in [0.25, 0.3) is 0 Å². The molecule has 0 aliphatic carbocycles. The molecule has 0 saturated carbocycles. The van der Waals surface area contributed by atoms with E-state index < -0.39 is 6.10 Å². The highest BCUT2D eigenvalue weighted by Gasteiger charge is 2.21. The van der Waals surface area contributed by atoms with Crippen LogP contribution in [0.4, 0.5) is 0 Å². The zero-order valence-electron chi connectivity index (χ0n) is 12.1. The Morgan fingerprint density at radius 1 is 1.45 bits per heavy atom. The number of nitrogens with one attached hydrogen (secondary N) is 1. The van der Waals surface area contributed by atoms with E-state index in [9.17, 15) is 9.90 Å². The molecule has 0 radical (unpaired) electrons. The summed E-state index contributed by atoms with van der Waals surface area (Å²) in [4.78, 5) is 11.4. The maximum atomic E-state index is 11.4. The van der Waals surface area contributed by atoms with Gasteiger partial charge in [-0.05, 0) is 32.9 Å². The Balaban J connectivity index is 1.85. The molecule has 0 aromatic heterocycles. The van der Waals surface area contributed by atoms with Gasteiger partial charge in [-0.1, -0.05) is 6.07 Å². The van der Waals surface area contributed by atoms with Gasteiger partial charge in [0.2, 0.25) is 0 Å². The van der Waals surface area contributed by atoms with Crippen molar-refractivity contribution >= 4 is 5.97 Å². The van der Waals surface area contributed by atoms with Crippen LogP contribution < -0.4 is 10.1 Å². The Morgan fingerprint density at radius 3 is 2.90 bits per heavy atom. The van der Waals surface area contributed by atoms with E-state index >= 15 is 0 Å². The second-order valence-electron chi connectivity index (χ2n) is 5.99. The fraction of sp³-hybridized carbons (Fsp3) is 0.533. The number of cyclic esters (lactones) is 1. The third-order valence-corrected chi connectivity index (χ3v) is 2.97. The molecule has 5 nitrogen and oxygen atoms in total. The normalized spacial score (nSPS) is 15.7. The maximum Gasteiger partial charge on any atom is 0.339 e. The number of esters is 1. The number of fused-ring (bicyclic) bond motifs is 1. The molecular formula is C15H21NO4. The zero-order valence-corrected chi connectivity index (χ0v) is 12.1. The van der Waals surface area contributed by atoms with Gasteiger partial charge in [-0.2, -0.15) is 0 Å². The number of aliphatic hydroxyl groups is 1. The largest absolute Gasteiger partial charge is 0.491 e. The van der Waals surface area contributed by atoms with E-state index in [0.29, 0.717) is 24.5 Å². The number of ether oxygens (including phenoxy) is 2. The molecule has 0 amide bonds. The highest BCUT2D eigenvalue weighted by Crippen LogP contribution is 2.24. The van der Waals surface area contributed by atoms with Gasteiger partial charge in [0, 0.05) is 17.6 Å². The smallest absolute Gasteiger partial charge is 0.339 e. The van der Waals surface area contributed by atoms with Crippen molar-refractivity contribution in [2.24, 2.45) is 0 Å². The number of β-amino-alcohol motifs (C(OH)–C–C–N with tert-alkyl or cyclic N) is 1. The molecule has 0 saturated heterocycles. The lowest BCUT2D eigenvalue weighted by Gasteiger charge is -2.23. The topological polar surface area (TPSA) is 67.8 Å². The summed E-state index contributed by atoms with van der Waals surface area (Å²) in [5.41, 5.74) is 1.38. The van der Waals surface area contributed by atoms with Crippen molar-refractivity contribution < 1.29 is 19.4 Å². The number of carbonyl (C=O) groups is 1. The average molecular weight is 279 g/mol. The minimum Gasteiger partial charge on any atom is -0.491 e. The van der Waals surface area contributed by atoms with E-state index in [2.05, 4.69) is 5.32 Å². The van der Waals surface area contributed by atoms with Gasteiger partial charge < -0.3 is 19.9 Å². The molecule has 5 heteroatoms. The zero-order chi connectivity index (χ0) is 14.8. The second-order valence-corrected chi connectivity index (χ2v) is 5.99. The van der Waals surface area contributed by atoms with Crippen LogP contribution >= 0.6 is 0 Å². The van der Waals surface area contributed by atoms with Crippen LogP contribution in [0, 0.1) is 0 Å². The first-order valence-electron chi connectivity index (χ1n) is 6.71. The highest BCUT2D eigenvalue weighted by molar-refractivity contribution is 5.93. The van der Waals surface area contributed by atoms with Crippen molar-refractivity contribution in [1.29, 1.82) is 0 Å². The van der Waals surface area contributed by atoms with E-state index in [0.717, 1.165) is 5.56 Å². The Hall–Kier alpha value is -1.59. The van der Waals surface area contributed by atoms with Crippen molar-refractivity contribution in [3.63, 3.8) is 0 Å². The van der Waals surface area contributed by atoms with E-state index in [1.54, 1.807) is 12.1 Å². The van der Waals surface area contributed by atoms with Gasteiger partial charge in [-0.25, -0.2) is 4.79 Å². The predicted octanol–water partition coefficient (Wildman–Crippen LogP) is 1.48. The Bertz CT molecular complexity index is 493. The standard InChI is InChI=1S/C15H21NO4/c1-15(2,3)16-7-11(17)9-19-12-5-4-10-8-20-14(18)13(10)6-12/h4-6,11,16-17H,7-9H2,1-3H3. The SMILES string of the molecule is CC(C)(C)NCC(O)COc1ccc2c(c1)C(=O)OC2. The third kappa shape index (κ3) is 3.95.